The fourth-order valence-electron chi connectivity index (χ4n) is 1.48. The van der Waals surface area contributed by atoms with Crippen molar-refractivity contribution in [2.24, 2.45) is 5.10 Å². The lowest BCUT2D eigenvalue weighted by molar-refractivity contribution is 0.631. The van der Waals surface area contributed by atoms with Crippen LogP contribution in [0.4, 0.5) is 16.0 Å². The third-order valence-corrected chi connectivity index (χ3v) is 2.88. The molecule has 1 N–H and O–H groups in total. The first kappa shape index (κ1) is 12.5. The van der Waals surface area contributed by atoms with Crippen LogP contribution in [-0.2, 0) is 0 Å². The molecule has 0 aliphatic heterocycles. The highest BCUT2D eigenvalue weighted by atomic mass is 79.9. The summed E-state index contributed by atoms with van der Waals surface area (Å²) < 4.78 is 15.5. The first-order valence-corrected chi connectivity index (χ1v) is 5.86. The van der Waals surface area contributed by atoms with Gasteiger partial charge in [-0.3, -0.25) is 0 Å². The van der Waals surface area contributed by atoms with E-state index in [2.05, 4.69) is 44.6 Å². The van der Waals surface area contributed by atoms with Crippen molar-refractivity contribution in [2.45, 2.75) is 0 Å². The van der Waals surface area contributed by atoms with E-state index in [1.54, 1.807) is 24.3 Å². The van der Waals surface area contributed by atoms with Crippen molar-refractivity contribution in [3.8, 4) is 0 Å². The van der Waals surface area contributed by atoms with E-state index in [9.17, 15) is 4.39 Å². The topological polar surface area (TPSA) is 42.2 Å². The molecule has 0 spiro atoms. The summed E-state index contributed by atoms with van der Waals surface area (Å²) in [6, 6.07) is 6.31. The molecule has 1 aromatic carbocycles. The molecule has 0 aliphatic rings. The normalized spacial score (nSPS) is 10.1. The summed E-state index contributed by atoms with van der Waals surface area (Å²) >= 11 is 3.28. The lowest BCUT2D eigenvalue weighted by atomic mass is 10.3. The van der Waals surface area contributed by atoms with Crippen molar-refractivity contribution in [1.82, 2.24) is 9.66 Å². The van der Waals surface area contributed by atoms with Gasteiger partial charge in [0.1, 0.15) is 16.1 Å². The summed E-state index contributed by atoms with van der Waals surface area (Å²) in [7, 11) is 0. The highest BCUT2D eigenvalue weighted by molar-refractivity contribution is 9.10. The zero-order valence-corrected chi connectivity index (χ0v) is 11.0. The molecule has 0 bridgehead atoms. The Labute approximate surface area is 112 Å². The second kappa shape index (κ2) is 5.14. The van der Waals surface area contributed by atoms with E-state index < -0.39 is 0 Å². The van der Waals surface area contributed by atoms with Crippen LogP contribution < -0.4 is 5.32 Å². The smallest absolute Gasteiger partial charge is 0.230 e. The van der Waals surface area contributed by atoms with Crippen molar-refractivity contribution < 1.29 is 4.39 Å². The molecule has 1 heterocycles. The van der Waals surface area contributed by atoms with Gasteiger partial charge in [0, 0.05) is 6.72 Å². The predicted molar refractivity (Wildman–Crippen MR) is 74.6 cm³/mol. The summed E-state index contributed by atoms with van der Waals surface area (Å²) in [5.74, 6) is -0.00994. The molecule has 0 unspecified atom stereocenters. The number of halogens is 2. The minimum atomic E-state index is -0.368. The van der Waals surface area contributed by atoms with Gasteiger partial charge in [-0.1, -0.05) is 18.7 Å². The summed E-state index contributed by atoms with van der Waals surface area (Å²) in [6.45, 7) is 7.11. The largest absolute Gasteiger partial charge is 0.322 e. The standard InChI is InChI=1S/C12H10BrFN4/c1-3-10-11(13)17-12(18(10)15-2)16-9-7-5-4-6-8(9)14/h3-7H,1-2H2,(H,16,17). The average molecular weight is 309 g/mol. The van der Waals surface area contributed by atoms with Gasteiger partial charge in [0.25, 0.3) is 0 Å². The van der Waals surface area contributed by atoms with Crippen LogP contribution in [0.15, 0.2) is 40.5 Å². The van der Waals surface area contributed by atoms with Gasteiger partial charge in [0.15, 0.2) is 0 Å². The van der Waals surface area contributed by atoms with Crippen LogP contribution in [0.3, 0.4) is 0 Å². The van der Waals surface area contributed by atoms with Gasteiger partial charge in [0.05, 0.1) is 5.69 Å². The number of anilines is 2. The number of nitrogens with zero attached hydrogens (tertiary/aromatic N) is 3. The van der Waals surface area contributed by atoms with E-state index in [0.717, 1.165) is 0 Å². The second-order valence-corrected chi connectivity index (χ2v) is 4.12. The first-order valence-electron chi connectivity index (χ1n) is 5.06. The monoisotopic (exact) mass is 308 g/mol. The van der Waals surface area contributed by atoms with Crippen LogP contribution >= 0.6 is 15.9 Å². The van der Waals surface area contributed by atoms with Crippen LogP contribution in [0.2, 0.25) is 0 Å². The molecule has 0 atom stereocenters. The SMILES string of the molecule is C=Cc1c(Br)nc(Nc2ccccc2F)n1N=C. The van der Waals surface area contributed by atoms with E-state index in [-0.39, 0.29) is 5.82 Å². The molecular weight excluding hydrogens is 299 g/mol. The molecule has 18 heavy (non-hydrogen) atoms. The number of para-hydroxylation sites is 1. The highest BCUT2D eigenvalue weighted by Crippen LogP contribution is 2.25. The number of nitrogens with one attached hydrogen (secondary N) is 1. The second-order valence-electron chi connectivity index (χ2n) is 3.37. The molecule has 0 aliphatic carbocycles. The Balaban J connectivity index is 2.44. The number of hydrogen-bond donors (Lipinski definition) is 1. The maximum Gasteiger partial charge on any atom is 0.230 e. The van der Waals surface area contributed by atoms with Gasteiger partial charge in [-0.25, -0.2) is 9.37 Å². The molecule has 0 amide bonds. The van der Waals surface area contributed by atoms with E-state index in [4.69, 9.17) is 0 Å². The minimum Gasteiger partial charge on any atom is -0.322 e. The Morgan fingerprint density at radius 2 is 2.17 bits per heavy atom. The van der Waals surface area contributed by atoms with Crippen LogP contribution in [0.5, 0.6) is 0 Å². The van der Waals surface area contributed by atoms with Crippen molar-refractivity contribution in [2.75, 3.05) is 5.32 Å². The summed E-state index contributed by atoms with van der Waals surface area (Å²) in [6.07, 6.45) is 1.58. The third kappa shape index (κ3) is 2.19. The highest BCUT2D eigenvalue weighted by Gasteiger charge is 2.13. The lowest BCUT2D eigenvalue weighted by Gasteiger charge is -2.06. The van der Waals surface area contributed by atoms with Crippen LogP contribution in [0.25, 0.3) is 6.08 Å². The van der Waals surface area contributed by atoms with Gasteiger partial charge < -0.3 is 5.32 Å². The third-order valence-electron chi connectivity index (χ3n) is 2.30. The molecular formula is C12H10BrFN4. The molecule has 1 aromatic heterocycles. The summed E-state index contributed by atoms with van der Waals surface area (Å²) in [5, 5.41) is 6.66. The van der Waals surface area contributed by atoms with E-state index in [1.165, 1.54) is 10.7 Å². The maximum absolute atomic E-state index is 13.5. The predicted octanol–water partition coefficient (Wildman–Crippen LogP) is 3.64. The average Bonchev–Trinajstić information content (AvgIpc) is 2.67. The Bertz CT molecular complexity index is 606. The Morgan fingerprint density at radius 3 is 2.78 bits per heavy atom. The molecule has 0 radical (unpaired) electrons. The van der Waals surface area contributed by atoms with Crippen molar-refractivity contribution in [3.63, 3.8) is 0 Å². The van der Waals surface area contributed by atoms with Crippen LogP contribution in [0.1, 0.15) is 5.69 Å². The van der Waals surface area contributed by atoms with Crippen LogP contribution in [0, 0.1) is 5.82 Å². The first-order chi connectivity index (χ1) is 8.67. The lowest BCUT2D eigenvalue weighted by Crippen LogP contribution is -2.01. The molecule has 2 rings (SSSR count). The molecule has 92 valence electrons. The van der Waals surface area contributed by atoms with Gasteiger partial charge >= 0.3 is 0 Å². The van der Waals surface area contributed by atoms with E-state index >= 15 is 0 Å². The van der Waals surface area contributed by atoms with Gasteiger partial charge in [0.2, 0.25) is 5.95 Å². The fraction of sp³-hybridized carbons (Fsp3) is 0. The maximum atomic E-state index is 13.5. The van der Waals surface area contributed by atoms with E-state index in [1.807, 2.05) is 0 Å². The molecule has 0 fully saturated rings. The molecule has 4 nitrogen and oxygen atoms in total. The number of aromatic nitrogens is 2. The molecule has 0 saturated heterocycles. The Morgan fingerprint density at radius 1 is 1.44 bits per heavy atom. The quantitative estimate of drug-likeness (QED) is 0.876. The number of imidazole rings is 1. The summed E-state index contributed by atoms with van der Waals surface area (Å²) in [4.78, 5) is 4.19. The zero-order chi connectivity index (χ0) is 13.1. The van der Waals surface area contributed by atoms with Gasteiger partial charge in [-0.05, 0) is 34.1 Å². The number of hydrogen-bond acceptors (Lipinski definition) is 3. The zero-order valence-electron chi connectivity index (χ0n) is 9.40. The number of benzene rings is 1. The van der Waals surface area contributed by atoms with Crippen molar-refractivity contribution >= 4 is 40.4 Å². The van der Waals surface area contributed by atoms with E-state index in [0.29, 0.717) is 21.9 Å². The number of rotatable bonds is 4. The molecule has 6 heteroatoms. The van der Waals surface area contributed by atoms with Gasteiger partial charge in [-0.15, -0.1) is 0 Å². The Hall–Kier alpha value is -1.95. The van der Waals surface area contributed by atoms with Crippen LogP contribution in [-0.4, -0.2) is 16.4 Å². The van der Waals surface area contributed by atoms with Crippen molar-refractivity contribution in [3.05, 3.63) is 47.0 Å². The summed E-state index contributed by atoms with van der Waals surface area (Å²) in [5.41, 5.74) is 0.958. The van der Waals surface area contributed by atoms with Crippen molar-refractivity contribution in [1.29, 1.82) is 0 Å². The fourth-order valence-corrected chi connectivity index (χ4v) is 1.97. The molecule has 2 aromatic rings. The molecule has 0 saturated carbocycles. The van der Waals surface area contributed by atoms with Gasteiger partial charge in [-0.2, -0.15) is 9.78 Å². The minimum absolute atomic E-state index is 0.315. The Kier molecular flexibility index (Phi) is 3.57.